The largest absolute Gasteiger partial charge is 0.349 e. The molecule has 2 N–H and O–H groups in total. The third kappa shape index (κ3) is 6.00. The summed E-state index contributed by atoms with van der Waals surface area (Å²) in [5.74, 6) is -0.100. The third-order valence-corrected chi connectivity index (χ3v) is 7.05. The van der Waals surface area contributed by atoms with Crippen LogP contribution in [0.25, 0.3) is 0 Å². The van der Waals surface area contributed by atoms with Crippen LogP contribution in [-0.4, -0.2) is 47.0 Å². The van der Waals surface area contributed by atoms with Gasteiger partial charge in [-0.25, -0.2) is 9.78 Å². The zero-order valence-electron chi connectivity index (χ0n) is 17.8. The first-order valence-corrected chi connectivity index (χ1v) is 12.0. The Kier molecular flexibility index (Phi) is 7.46. The molecule has 2 fully saturated rings. The minimum atomic E-state index is -0.100. The van der Waals surface area contributed by atoms with Gasteiger partial charge in [-0.3, -0.25) is 4.79 Å². The molecule has 6 nitrogen and oxygen atoms in total. The summed E-state index contributed by atoms with van der Waals surface area (Å²) >= 11 is 1.49. The van der Waals surface area contributed by atoms with Crippen molar-refractivity contribution in [2.75, 3.05) is 13.1 Å². The standard InChI is InChI=1S/C24H30N4O2S/c29-22(21-12-7-15-25-23(21)31-20-10-5-2-6-11-20)26-19-13-16-28(17-14-19)24(30)27-18-8-3-1-4-9-18/h2,5-7,10-12,15,18-19H,1,3-4,8-9,13-14,16-17H2,(H,26,29)(H,27,30). The van der Waals surface area contributed by atoms with Gasteiger partial charge in [0.2, 0.25) is 0 Å². The summed E-state index contributed by atoms with van der Waals surface area (Å²) < 4.78 is 0. The topological polar surface area (TPSA) is 74.3 Å². The number of hydrogen-bond donors (Lipinski definition) is 2. The lowest BCUT2D eigenvalue weighted by Gasteiger charge is -2.34. The average molecular weight is 439 g/mol. The number of amides is 3. The molecule has 1 saturated carbocycles. The molecule has 1 saturated heterocycles. The number of hydrogen-bond acceptors (Lipinski definition) is 4. The molecule has 1 aliphatic heterocycles. The Bertz CT molecular complexity index is 878. The summed E-state index contributed by atoms with van der Waals surface area (Å²) in [5.41, 5.74) is 0.592. The van der Waals surface area contributed by atoms with Gasteiger partial charge < -0.3 is 15.5 Å². The zero-order valence-corrected chi connectivity index (χ0v) is 18.6. The highest BCUT2D eigenvalue weighted by Gasteiger charge is 2.26. The molecule has 1 aromatic carbocycles. The van der Waals surface area contributed by atoms with Crippen molar-refractivity contribution >= 4 is 23.7 Å². The van der Waals surface area contributed by atoms with E-state index in [1.165, 1.54) is 31.0 Å². The van der Waals surface area contributed by atoms with Gasteiger partial charge in [-0.15, -0.1) is 0 Å². The average Bonchev–Trinajstić information content (AvgIpc) is 2.81. The van der Waals surface area contributed by atoms with Crippen LogP contribution < -0.4 is 10.6 Å². The van der Waals surface area contributed by atoms with Crippen LogP contribution in [0.5, 0.6) is 0 Å². The fourth-order valence-electron chi connectivity index (χ4n) is 4.25. The molecule has 31 heavy (non-hydrogen) atoms. The minimum Gasteiger partial charge on any atom is -0.349 e. The van der Waals surface area contributed by atoms with E-state index in [2.05, 4.69) is 15.6 Å². The highest BCUT2D eigenvalue weighted by Crippen LogP contribution is 2.28. The van der Waals surface area contributed by atoms with Crippen LogP contribution in [0.3, 0.4) is 0 Å². The number of benzene rings is 1. The summed E-state index contributed by atoms with van der Waals surface area (Å²) in [5, 5.41) is 7.04. The fraction of sp³-hybridized carbons (Fsp3) is 0.458. The first-order valence-electron chi connectivity index (χ1n) is 11.2. The number of aromatic nitrogens is 1. The predicted octanol–water partition coefficient (Wildman–Crippen LogP) is 4.47. The normalized spacial score (nSPS) is 17.9. The molecule has 0 atom stereocenters. The number of urea groups is 1. The van der Waals surface area contributed by atoms with Crippen molar-refractivity contribution in [1.29, 1.82) is 0 Å². The number of rotatable bonds is 5. The first kappa shape index (κ1) is 21.7. The molecule has 0 unspecified atom stereocenters. The number of nitrogens with zero attached hydrogens (tertiary/aromatic N) is 2. The summed E-state index contributed by atoms with van der Waals surface area (Å²) in [7, 11) is 0. The van der Waals surface area contributed by atoms with E-state index < -0.39 is 0 Å². The molecule has 0 bridgehead atoms. The number of carbonyl (C=O) groups excluding carboxylic acids is 2. The maximum Gasteiger partial charge on any atom is 0.317 e. The molecule has 1 aliphatic carbocycles. The van der Waals surface area contributed by atoms with Crippen molar-refractivity contribution in [1.82, 2.24) is 20.5 Å². The van der Waals surface area contributed by atoms with E-state index >= 15 is 0 Å². The van der Waals surface area contributed by atoms with Crippen LogP contribution >= 0.6 is 11.8 Å². The number of likely N-dealkylation sites (tertiary alicyclic amines) is 1. The number of carbonyl (C=O) groups is 2. The van der Waals surface area contributed by atoms with E-state index in [4.69, 9.17) is 0 Å². The SMILES string of the molecule is O=C(NC1CCN(C(=O)NC2CCCCC2)CC1)c1cccnc1Sc1ccccc1. The summed E-state index contributed by atoms with van der Waals surface area (Å²) in [4.78, 5) is 32.9. The lowest BCUT2D eigenvalue weighted by molar-refractivity contribution is 0.0913. The van der Waals surface area contributed by atoms with Gasteiger partial charge in [0.1, 0.15) is 5.03 Å². The fourth-order valence-corrected chi connectivity index (χ4v) is 5.15. The molecular formula is C24H30N4O2S. The molecule has 3 amide bonds. The Morgan fingerprint density at radius 2 is 1.58 bits per heavy atom. The van der Waals surface area contributed by atoms with Gasteiger partial charge in [0, 0.05) is 36.3 Å². The second-order valence-corrected chi connectivity index (χ2v) is 9.35. The van der Waals surface area contributed by atoms with Gasteiger partial charge >= 0.3 is 6.03 Å². The Labute approximate surface area is 188 Å². The molecule has 0 radical (unpaired) electrons. The van der Waals surface area contributed by atoms with Crippen LogP contribution in [0.2, 0.25) is 0 Å². The highest BCUT2D eigenvalue weighted by atomic mass is 32.2. The quantitative estimate of drug-likeness (QED) is 0.722. The Morgan fingerprint density at radius 1 is 0.871 bits per heavy atom. The van der Waals surface area contributed by atoms with E-state index in [-0.39, 0.29) is 18.0 Å². The molecule has 164 valence electrons. The number of piperidine rings is 1. The van der Waals surface area contributed by atoms with Crippen LogP contribution in [0.1, 0.15) is 55.3 Å². The molecular weight excluding hydrogens is 408 g/mol. The van der Waals surface area contributed by atoms with Gasteiger partial charge in [0.25, 0.3) is 5.91 Å². The van der Waals surface area contributed by atoms with Gasteiger partial charge in [0.05, 0.1) is 5.56 Å². The molecule has 2 heterocycles. The highest BCUT2D eigenvalue weighted by molar-refractivity contribution is 7.99. The van der Waals surface area contributed by atoms with Gasteiger partial charge in [-0.05, 0) is 49.9 Å². The summed E-state index contributed by atoms with van der Waals surface area (Å²) in [6.45, 7) is 1.34. The Morgan fingerprint density at radius 3 is 2.32 bits per heavy atom. The molecule has 2 aromatic rings. The second kappa shape index (κ2) is 10.7. The molecule has 4 rings (SSSR count). The van der Waals surface area contributed by atoms with Crippen molar-refractivity contribution in [3.05, 3.63) is 54.2 Å². The van der Waals surface area contributed by atoms with Crippen LogP contribution in [0.15, 0.2) is 58.6 Å². The molecule has 1 aromatic heterocycles. The van der Waals surface area contributed by atoms with E-state index in [9.17, 15) is 9.59 Å². The van der Waals surface area contributed by atoms with Gasteiger partial charge in [0.15, 0.2) is 0 Å². The lowest BCUT2D eigenvalue weighted by Crippen LogP contribution is -2.51. The summed E-state index contributed by atoms with van der Waals surface area (Å²) in [6, 6.07) is 14.0. The van der Waals surface area contributed by atoms with Gasteiger partial charge in [-0.2, -0.15) is 0 Å². The van der Waals surface area contributed by atoms with Crippen LogP contribution in [0.4, 0.5) is 4.79 Å². The van der Waals surface area contributed by atoms with E-state index in [0.29, 0.717) is 29.7 Å². The van der Waals surface area contributed by atoms with Crippen molar-refractivity contribution in [2.45, 2.75) is 67.0 Å². The van der Waals surface area contributed by atoms with E-state index in [1.54, 1.807) is 12.3 Å². The van der Waals surface area contributed by atoms with Crippen molar-refractivity contribution in [2.24, 2.45) is 0 Å². The number of pyridine rings is 1. The monoisotopic (exact) mass is 438 g/mol. The minimum absolute atomic E-state index is 0.0467. The maximum atomic E-state index is 12.9. The van der Waals surface area contributed by atoms with Crippen molar-refractivity contribution < 1.29 is 9.59 Å². The smallest absolute Gasteiger partial charge is 0.317 e. The molecule has 7 heteroatoms. The van der Waals surface area contributed by atoms with Crippen molar-refractivity contribution in [3.63, 3.8) is 0 Å². The zero-order chi connectivity index (χ0) is 21.5. The van der Waals surface area contributed by atoms with Crippen LogP contribution in [0, 0.1) is 0 Å². The Hall–Kier alpha value is -2.54. The molecule has 2 aliphatic rings. The second-order valence-electron chi connectivity index (χ2n) is 8.29. The first-order chi connectivity index (χ1) is 15.2. The third-order valence-electron chi connectivity index (χ3n) is 6.02. The van der Waals surface area contributed by atoms with Gasteiger partial charge in [-0.1, -0.05) is 49.2 Å². The van der Waals surface area contributed by atoms with Crippen molar-refractivity contribution in [3.8, 4) is 0 Å². The predicted molar refractivity (Wildman–Crippen MR) is 122 cm³/mol. The molecule has 0 spiro atoms. The van der Waals surface area contributed by atoms with E-state index in [1.807, 2.05) is 41.3 Å². The van der Waals surface area contributed by atoms with Crippen LogP contribution in [-0.2, 0) is 0 Å². The summed E-state index contributed by atoms with van der Waals surface area (Å²) in [6.07, 6.45) is 9.12. The maximum absolute atomic E-state index is 12.9. The Balaban J connectivity index is 1.29. The van der Waals surface area contributed by atoms with E-state index in [0.717, 1.165) is 30.6 Å². The number of nitrogens with one attached hydrogen (secondary N) is 2. The lowest BCUT2D eigenvalue weighted by atomic mass is 9.95.